The van der Waals surface area contributed by atoms with Gasteiger partial charge in [0.15, 0.2) is 11.5 Å². The summed E-state index contributed by atoms with van der Waals surface area (Å²) in [4.78, 5) is 10.2. The zero-order chi connectivity index (χ0) is 11.6. The molecule has 0 heterocycles. The van der Waals surface area contributed by atoms with Gasteiger partial charge >= 0.3 is 5.97 Å². The van der Waals surface area contributed by atoms with Crippen molar-refractivity contribution in [2.24, 2.45) is 0 Å². The summed E-state index contributed by atoms with van der Waals surface area (Å²) in [6.45, 7) is 0. The van der Waals surface area contributed by atoms with Crippen molar-refractivity contribution in [3.8, 4) is 23.0 Å². The highest BCUT2D eigenvalue weighted by Gasteiger charge is 2.14. The van der Waals surface area contributed by atoms with E-state index in [0.29, 0.717) is 6.08 Å². The van der Waals surface area contributed by atoms with Crippen molar-refractivity contribution in [3.63, 3.8) is 0 Å². The number of phenols is 4. The lowest BCUT2D eigenvalue weighted by atomic mass is 10.1. The minimum atomic E-state index is -1.25. The minimum Gasteiger partial charge on any atom is -0.504 e. The van der Waals surface area contributed by atoms with E-state index in [2.05, 4.69) is 0 Å². The second kappa shape index (κ2) is 3.79. The van der Waals surface area contributed by atoms with Crippen LogP contribution < -0.4 is 0 Å². The molecular formula is C9H8O6. The van der Waals surface area contributed by atoms with Crippen LogP contribution >= 0.6 is 0 Å². The number of carbonyl (C=O) groups is 1. The third-order valence-corrected chi connectivity index (χ3v) is 1.66. The summed E-state index contributed by atoms with van der Waals surface area (Å²) in [6.07, 6.45) is 1.68. The molecule has 0 radical (unpaired) electrons. The molecule has 0 bridgehead atoms. The van der Waals surface area contributed by atoms with Crippen molar-refractivity contribution in [1.29, 1.82) is 0 Å². The maximum Gasteiger partial charge on any atom is 0.328 e. The van der Waals surface area contributed by atoms with E-state index in [1.807, 2.05) is 0 Å². The van der Waals surface area contributed by atoms with Crippen LogP contribution in [0.1, 0.15) is 5.56 Å². The maximum atomic E-state index is 10.2. The Morgan fingerprint density at radius 1 is 1.07 bits per heavy atom. The SMILES string of the molecule is O=C(O)C=Cc1cc(O)c(O)c(O)c1O. The number of benzene rings is 1. The number of carboxylic acid groups (broad SMARTS) is 1. The number of aliphatic carboxylic acids is 1. The lowest BCUT2D eigenvalue weighted by Crippen LogP contribution is -1.86. The van der Waals surface area contributed by atoms with Gasteiger partial charge in [0.05, 0.1) is 0 Å². The molecule has 15 heavy (non-hydrogen) atoms. The molecule has 0 unspecified atom stereocenters. The second-order valence-electron chi connectivity index (χ2n) is 2.70. The number of aromatic hydroxyl groups is 4. The summed E-state index contributed by atoms with van der Waals surface area (Å²) < 4.78 is 0. The number of phenolic OH excluding ortho intramolecular Hbond substituents is 4. The van der Waals surface area contributed by atoms with Crippen molar-refractivity contribution in [2.75, 3.05) is 0 Å². The van der Waals surface area contributed by atoms with Crippen molar-refractivity contribution >= 4 is 12.0 Å². The summed E-state index contributed by atoms with van der Waals surface area (Å²) in [5.41, 5.74) is -0.120. The number of hydrogen-bond donors (Lipinski definition) is 5. The predicted molar refractivity (Wildman–Crippen MR) is 49.8 cm³/mol. The van der Waals surface area contributed by atoms with E-state index in [9.17, 15) is 9.90 Å². The monoisotopic (exact) mass is 212 g/mol. The van der Waals surface area contributed by atoms with Crippen LogP contribution in [0.4, 0.5) is 0 Å². The smallest absolute Gasteiger partial charge is 0.328 e. The lowest BCUT2D eigenvalue weighted by Gasteiger charge is -2.05. The molecule has 80 valence electrons. The van der Waals surface area contributed by atoms with Crippen molar-refractivity contribution < 1.29 is 30.3 Å². The van der Waals surface area contributed by atoms with Crippen LogP contribution in [0.3, 0.4) is 0 Å². The van der Waals surface area contributed by atoms with Crippen LogP contribution in [0, 0.1) is 0 Å². The second-order valence-corrected chi connectivity index (χ2v) is 2.70. The van der Waals surface area contributed by atoms with Crippen molar-refractivity contribution in [1.82, 2.24) is 0 Å². The Labute approximate surface area is 84.0 Å². The molecule has 1 aromatic carbocycles. The summed E-state index contributed by atoms with van der Waals surface area (Å²) in [5.74, 6) is -4.38. The first-order chi connectivity index (χ1) is 6.93. The first kappa shape index (κ1) is 10.7. The Kier molecular flexibility index (Phi) is 2.70. The fraction of sp³-hybridized carbons (Fsp3) is 0. The van der Waals surface area contributed by atoms with Gasteiger partial charge in [-0.3, -0.25) is 0 Å². The van der Waals surface area contributed by atoms with E-state index in [1.165, 1.54) is 0 Å². The van der Waals surface area contributed by atoms with Crippen LogP contribution in [0.15, 0.2) is 12.1 Å². The molecular weight excluding hydrogens is 204 g/mol. The van der Waals surface area contributed by atoms with Crippen LogP contribution in [-0.4, -0.2) is 31.5 Å². The molecule has 0 aliphatic heterocycles. The molecule has 0 saturated carbocycles. The van der Waals surface area contributed by atoms with Gasteiger partial charge in [-0.25, -0.2) is 4.79 Å². The van der Waals surface area contributed by atoms with E-state index >= 15 is 0 Å². The Hall–Kier alpha value is -2.37. The summed E-state index contributed by atoms with van der Waals surface area (Å²) >= 11 is 0. The fourth-order valence-electron chi connectivity index (χ4n) is 0.942. The van der Waals surface area contributed by atoms with Crippen LogP contribution in [0.25, 0.3) is 6.08 Å². The van der Waals surface area contributed by atoms with Gasteiger partial charge in [-0.05, 0) is 12.1 Å². The maximum absolute atomic E-state index is 10.2. The van der Waals surface area contributed by atoms with Gasteiger partial charge in [0.2, 0.25) is 11.5 Å². The highest BCUT2D eigenvalue weighted by Crippen LogP contribution is 2.44. The number of rotatable bonds is 2. The van der Waals surface area contributed by atoms with Crippen LogP contribution in [-0.2, 0) is 4.79 Å². The number of hydrogen-bond acceptors (Lipinski definition) is 5. The van der Waals surface area contributed by atoms with Gasteiger partial charge in [0.25, 0.3) is 0 Å². The Balaban J connectivity index is 3.26. The van der Waals surface area contributed by atoms with Gasteiger partial charge in [-0.2, -0.15) is 0 Å². The summed E-state index contributed by atoms with van der Waals surface area (Å²) in [5, 5.41) is 44.7. The van der Waals surface area contributed by atoms with Gasteiger partial charge in [-0.1, -0.05) is 0 Å². The average Bonchev–Trinajstić information content (AvgIpc) is 2.18. The largest absolute Gasteiger partial charge is 0.504 e. The minimum absolute atomic E-state index is 0.120. The quantitative estimate of drug-likeness (QED) is 0.278. The van der Waals surface area contributed by atoms with Crippen LogP contribution in [0.2, 0.25) is 0 Å². The van der Waals surface area contributed by atoms with E-state index in [4.69, 9.17) is 20.4 Å². The summed E-state index contributed by atoms with van der Waals surface area (Å²) in [6, 6.07) is 0.920. The Morgan fingerprint density at radius 3 is 2.20 bits per heavy atom. The first-order valence-corrected chi connectivity index (χ1v) is 3.81. The number of carboxylic acids is 1. The molecule has 1 rings (SSSR count). The predicted octanol–water partition coefficient (Wildman–Crippen LogP) is 0.607. The molecule has 0 aliphatic carbocycles. The van der Waals surface area contributed by atoms with Gasteiger partial charge in [0, 0.05) is 11.6 Å². The molecule has 0 spiro atoms. The Bertz CT molecular complexity index is 435. The average molecular weight is 212 g/mol. The normalized spacial score (nSPS) is 10.7. The third-order valence-electron chi connectivity index (χ3n) is 1.66. The molecule has 6 nitrogen and oxygen atoms in total. The van der Waals surface area contributed by atoms with Gasteiger partial charge < -0.3 is 25.5 Å². The van der Waals surface area contributed by atoms with E-state index in [1.54, 1.807) is 0 Å². The molecule has 5 N–H and O–H groups in total. The van der Waals surface area contributed by atoms with Crippen molar-refractivity contribution in [3.05, 3.63) is 17.7 Å². The molecule has 0 saturated heterocycles. The van der Waals surface area contributed by atoms with E-state index in [0.717, 1.165) is 12.1 Å². The van der Waals surface area contributed by atoms with Gasteiger partial charge in [0.1, 0.15) is 0 Å². The van der Waals surface area contributed by atoms with E-state index < -0.39 is 29.0 Å². The molecule has 6 heteroatoms. The molecule has 0 aromatic heterocycles. The van der Waals surface area contributed by atoms with Crippen molar-refractivity contribution in [2.45, 2.75) is 0 Å². The zero-order valence-electron chi connectivity index (χ0n) is 7.38. The topological polar surface area (TPSA) is 118 Å². The summed E-state index contributed by atoms with van der Waals surface area (Å²) in [7, 11) is 0. The molecule has 0 fully saturated rings. The molecule has 0 amide bonds. The third kappa shape index (κ3) is 2.11. The lowest BCUT2D eigenvalue weighted by molar-refractivity contribution is -0.131. The highest BCUT2D eigenvalue weighted by molar-refractivity contribution is 5.86. The fourth-order valence-corrected chi connectivity index (χ4v) is 0.942. The highest BCUT2D eigenvalue weighted by atomic mass is 16.4. The van der Waals surface area contributed by atoms with Crippen LogP contribution in [0.5, 0.6) is 23.0 Å². The first-order valence-electron chi connectivity index (χ1n) is 3.81. The molecule has 0 atom stereocenters. The zero-order valence-corrected chi connectivity index (χ0v) is 7.38. The standard InChI is InChI=1S/C9H8O6/c10-5-3-4(1-2-6(11)12)7(13)9(15)8(5)14/h1-3,10,13-15H,(H,11,12). The van der Waals surface area contributed by atoms with Gasteiger partial charge in [-0.15, -0.1) is 0 Å². The van der Waals surface area contributed by atoms with E-state index in [-0.39, 0.29) is 5.56 Å². The molecule has 1 aromatic rings. The molecule has 0 aliphatic rings. The Morgan fingerprint density at radius 2 is 1.67 bits per heavy atom.